The van der Waals surface area contributed by atoms with E-state index in [2.05, 4.69) is 10.3 Å². The number of nitrogens with two attached hydrogens (primary N) is 1. The van der Waals surface area contributed by atoms with E-state index < -0.39 is 0 Å². The van der Waals surface area contributed by atoms with Gasteiger partial charge in [0, 0.05) is 12.6 Å². The molecule has 2 aromatic rings. The number of guanidine groups is 1. The van der Waals surface area contributed by atoms with Gasteiger partial charge in [0.05, 0.1) is 6.61 Å². The van der Waals surface area contributed by atoms with E-state index in [1.54, 1.807) is 0 Å². The number of hydrogen-bond donors (Lipinski definition) is 2. The summed E-state index contributed by atoms with van der Waals surface area (Å²) in [6, 6.07) is 18.2. The lowest BCUT2D eigenvalue weighted by Gasteiger charge is -2.09. The van der Waals surface area contributed by atoms with Crippen molar-refractivity contribution in [1.82, 2.24) is 5.32 Å². The Hall–Kier alpha value is -2.69. The van der Waals surface area contributed by atoms with Gasteiger partial charge in [-0.2, -0.15) is 0 Å². The van der Waals surface area contributed by atoms with E-state index in [1.165, 1.54) is 0 Å². The molecule has 0 spiro atoms. The van der Waals surface area contributed by atoms with Gasteiger partial charge < -0.3 is 20.5 Å². The Labute approximate surface area is 156 Å². The molecule has 0 unspecified atom stereocenters. The highest BCUT2D eigenvalue weighted by molar-refractivity contribution is 5.77. The SMILES string of the molecule is CC(C)NC(N)=NCCCCOc1ccc(OCc2ccccc2)cc1. The quantitative estimate of drug-likeness (QED) is 0.387. The molecule has 0 atom stereocenters. The maximum atomic E-state index is 5.77. The zero-order valence-electron chi connectivity index (χ0n) is 15.7. The predicted molar refractivity (Wildman–Crippen MR) is 107 cm³/mol. The molecule has 5 nitrogen and oxygen atoms in total. The number of ether oxygens (including phenoxy) is 2. The molecule has 0 amide bonds. The maximum Gasteiger partial charge on any atom is 0.188 e. The molecule has 2 rings (SSSR count). The molecule has 140 valence electrons. The van der Waals surface area contributed by atoms with Gasteiger partial charge in [0.2, 0.25) is 0 Å². The third kappa shape index (κ3) is 7.92. The number of aliphatic imine (C=N–C) groups is 1. The standard InChI is InChI=1S/C21H29N3O2/c1-17(2)24-21(22)23-14-6-7-15-25-19-10-12-20(13-11-19)26-16-18-8-4-3-5-9-18/h3-5,8-13,17H,6-7,14-16H2,1-2H3,(H3,22,23,24). The predicted octanol–water partition coefficient (Wildman–Crippen LogP) is 3.74. The van der Waals surface area contributed by atoms with Crippen LogP contribution in [0.2, 0.25) is 0 Å². The van der Waals surface area contributed by atoms with Crippen LogP contribution in [-0.2, 0) is 6.61 Å². The van der Waals surface area contributed by atoms with Crippen molar-refractivity contribution in [3.63, 3.8) is 0 Å². The van der Waals surface area contributed by atoms with E-state index in [0.29, 0.717) is 31.8 Å². The number of nitrogens with one attached hydrogen (secondary N) is 1. The van der Waals surface area contributed by atoms with Gasteiger partial charge in [-0.3, -0.25) is 4.99 Å². The minimum Gasteiger partial charge on any atom is -0.494 e. The Morgan fingerprint density at radius 3 is 2.27 bits per heavy atom. The van der Waals surface area contributed by atoms with E-state index in [1.807, 2.05) is 68.4 Å². The monoisotopic (exact) mass is 355 g/mol. The lowest BCUT2D eigenvalue weighted by atomic mass is 10.2. The van der Waals surface area contributed by atoms with Crippen molar-refractivity contribution >= 4 is 5.96 Å². The fourth-order valence-electron chi connectivity index (χ4n) is 2.32. The lowest BCUT2D eigenvalue weighted by Crippen LogP contribution is -2.36. The zero-order chi connectivity index (χ0) is 18.6. The van der Waals surface area contributed by atoms with Crippen LogP contribution in [0.1, 0.15) is 32.3 Å². The van der Waals surface area contributed by atoms with E-state index >= 15 is 0 Å². The zero-order valence-corrected chi connectivity index (χ0v) is 15.7. The first-order valence-corrected chi connectivity index (χ1v) is 9.09. The molecule has 3 N–H and O–H groups in total. The van der Waals surface area contributed by atoms with Crippen LogP contribution in [0.4, 0.5) is 0 Å². The summed E-state index contributed by atoms with van der Waals surface area (Å²) in [6.07, 6.45) is 1.88. The highest BCUT2D eigenvalue weighted by atomic mass is 16.5. The summed E-state index contributed by atoms with van der Waals surface area (Å²) >= 11 is 0. The van der Waals surface area contributed by atoms with Gasteiger partial charge in [0.25, 0.3) is 0 Å². The van der Waals surface area contributed by atoms with Crippen LogP contribution >= 0.6 is 0 Å². The number of nitrogens with zero attached hydrogens (tertiary/aromatic N) is 1. The average molecular weight is 355 g/mol. The van der Waals surface area contributed by atoms with Crippen LogP contribution in [0.25, 0.3) is 0 Å². The molecule has 2 aromatic carbocycles. The molecule has 0 aliphatic heterocycles. The summed E-state index contributed by atoms with van der Waals surface area (Å²) in [5.74, 6) is 2.19. The second kappa shape index (κ2) is 11.0. The summed E-state index contributed by atoms with van der Waals surface area (Å²) < 4.78 is 11.5. The molecule has 0 saturated carbocycles. The first kappa shape index (κ1) is 19.6. The second-order valence-electron chi connectivity index (χ2n) is 6.37. The lowest BCUT2D eigenvalue weighted by molar-refractivity contribution is 0.298. The van der Waals surface area contributed by atoms with Crippen molar-refractivity contribution in [2.24, 2.45) is 10.7 Å². The number of unbranched alkanes of at least 4 members (excludes halogenated alkanes) is 1. The van der Waals surface area contributed by atoms with E-state index in [9.17, 15) is 0 Å². The van der Waals surface area contributed by atoms with Gasteiger partial charge in [-0.05, 0) is 56.5 Å². The third-order valence-electron chi connectivity index (χ3n) is 3.61. The van der Waals surface area contributed by atoms with Gasteiger partial charge >= 0.3 is 0 Å². The normalized spacial score (nSPS) is 11.4. The van der Waals surface area contributed by atoms with Gasteiger partial charge in [0.1, 0.15) is 18.1 Å². The second-order valence-corrected chi connectivity index (χ2v) is 6.37. The van der Waals surface area contributed by atoms with Crippen LogP contribution in [-0.4, -0.2) is 25.2 Å². The maximum absolute atomic E-state index is 5.77. The average Bonchev–Trinajstić information content (AvgIpc) is 2.64. The minimum absolute atomic E-state index is 0.307. The highest BCUT2D eigenvalue weighted by Gasteiger charge is 1.99. The molecule has 26 heavy (non-hydrogen) atoms. The van der Waals surface area contributed by atoms with Gasteiger partial charge in [-0.1, -0.05) is 30.3 Å². The smallest absolute Gasteiger partial charge is 0.188 e. The van der Waals surface area contributed by atoms with Crippen LogP contribution < -0.4 is 20.5 Å². The molecule has 0 aliphatic rings. The fourth-order valence-corrected chi connectivity index (χ4v) is 2.32. The van der Waals surface area contributed by atoms with Crippen molar-refractivity contribution in [3.05, 3.63) is 60.2 Å². The number of benzene rings is 2. The summed E-state index contributed by atoms with van der Waals surface area (Å²) in [5.41, 5.74) is 6.90. The van der Waals surface area contributed by atoms with Gasteiger partial charge in [-0.15, -0.1) is 0 Å². The Balaban J connectivity index is 1.61. The van der Waals surface area contributed by atoms with Crippen LogP contribution in [0.5, 0.6) is 11.5 Å². The molecule has 0 aromatic heterocycles. The summed E-state index contributed by atoms with van der Waals surface area (Å²) in [4.78, 5) is 4.28. The molecule has 0 heterocycles. The Morgan fingerprint density at radius 1 is 0.962 bits per heavy atom. The first-order valence-electron chi connectivity index (χ1n) is 9.09. The number of rotatable bonds is 10. The summed E-state index contributed by atoms with van der Waals surface area (Å²) in [6.45, 7) is 6.01. The number of hydrogen-bond acceptors (Lipinski definition) is 3. The van der Waals surface area contributed by atoms with E-state index in [4.69, 9.17) is 15.2 Å². The Kier molecular flexibility index (Phi) is 8.33. The molecule has 0 aliphatic carbocycles. The summed E-state index contributed by atoms with van der Waals surface area (Å²) in [7, 11) is 0. The van der Waals surface area contributed by atoms with Gasteiger partial charge in [0.15, 0.2) is 5.96 Å². The molecule has 0 saturated heterocycles. The molecular weight excluding hydrogens is 326 g/mol. The summed E-state index contributed by atoms with van der Waals surface area (Å²) in [5, 5.41) is 3.07. The largest absolute Gasteiger partial charge is 0.494 e. The molecule has 0 radical (unpaired) electrons. The van der Waals surface area contributed by atoms with Gasteiger partial charge in [-0.25, -0.2) is 0 Å². The van der Waals surface area contributed by atoms with Crippen molar-refractivity contribution in [3.8, 4) is 11.5 Å². The van der Waals surface area contributed by atoms with Crippen LogP contribution in [0, 0.1) is 0 Å². The molecule has 0 bridgehead atoms. The topological polar surface area (TPSA) is 68.9 Å². The van der Waals surface area contributed by atoms with Crippen LogP contribution in [0.15, 0.2) is 59.6 Å². The Bertz CT molecular complexity index is 655. The van der Waals surface area contributed by atoms with E-state index in [0.717, 1.165) is 29.9 Å². The third-order valence-corrected chi connectivity index (χ3v) is 3.61. The molecule has 5 heteroatoms. The van der Waals surface area contributed by atoms with Crippen LogP contribution in [0.3, 0.4) is 0 Å². The Morgan fingerprint density at radius 2 is 1.62 bits per heavy atom. The first-order chi connectivity index (χ1) is 12.6. The van der Waals surface area contributed by atoms with E-state index in [-0.39, 0.29) is 0 Å². The fraction of sp³-hybridized carbons (Fsp3) is 0.381. The minimum atomic E-state index is 0.307. The van der Waals surface area contributed by atoms with Crippen molar-refractivity contribution in [1.29, 1.82) is 0 Å². The molecule has 0 fully saturated rings. The molecular formula is C21H29N3O2. The van der Waals surface area contributed by atoms with Crippen molar-refractivity contribution in [2.75, 3.05) is 13.2 Å². The van der Waals surface area contributed by atoms with Crippen molar-refractivity contribution in [2.45, 2.75) is 39.3 Å². The highest BCUT2D eigenvalue weighted by Crippen LogP contribution is 2.19. The van der Waals surface area contributed by atoms with Crippen molar-refractivity contribution < 1.29 is 9.47 Å².